The first-order chi connectivity index (χ1) is 12.6. The molecular formula is C18H16N2O5S. The maximum Gasteiger partial charge on any atom is 0.339 e. The minimum absolute atomic E-state index is 0.0567. The van der Waals surface area contributed by atoms with Gasteiger partial charge in [-0.05, 0) is 42.5 Å². The highest BCUT2D eigenvalue weighted by molar-refractivity contribution is 7.80. The average molecular weight is 372 g/mol. The van der Waals surface area contributed by atoms with Gasteiger partial charge >= 0.3 is 5.97 Å². The Hall–Kier alpha value is -3.13. The molecule has 0 saturated carbocycles. The molecule has 0 radical (unpaired) electrons. The van der Waals surface area contributed by atoms with E-state index in [4.69, 9.17) is 26.4 Å². The lowest BCUT2D eigenvalue weighted by Crippen LogP contribution is -2.34. The topological polar surface area (TPSA) is 85.9 Å². The van der Waals surface area contributed by atoms with Crippen LogP contribution >= 0.6 is 12.2 Å². The zero-order valence-electron chi connectivity index (χ0n) is 13.9. The van der Waals surface area contributed by atoms with Gasteiger partial charge in [-0.3, -0.25) is 10.1 Å². The van der Waals surface area contributed by atoms with Gasteiger partial charge in [-0.15, -0.1) is 0 Å². The van der Waals surface area contributed by atoms with Crippen molar-refractivity contribution in [3.05, 3.63) is 53.6 Å². The predicted molar refractivity (Wildman–Crippen MR) is 98.9 cm³/mol. The molecule has 0 atom stereocenters. The molecule has 2 aromatic rings. The molecule has 1 aliphatic rings. The van der Waals surface area contributed by atoms with Crippen LogP contribution in [0.25, 0.3) is 0 Å². The number of esters is 1. The number of benzene rings is 2. The molecule has 8 heteroatoms. The Bertz CT molecular complexity index is 868. The van der Waals surface area contributed by atoms with Gasteiger partial charge in [0.2, 0.25) is 0 Å². The van der Waals surface area contributed by atoms with Crippen LogP contribution in [-0.4, -0.2) is 37.3 Å². The first-order valence-corrected chi connectivity index (χ1v) is 8.18. The van der Waals surface area contributed by atoms with E-state index in [0.717, 1.165) is 0 Å². The maximum absolute atomic E-state index is 12.4. The first kappa shape index (κ1) is 17.7. The van der Waals surface area contributed by atoms with Crippen LogP contribution in [0, 0.1) is 0 Å². The third-order valence-corrected chi connectivity index (χ3v) is 3.82. The number of hydrogen-bond acceptors (Lipinski definition) is 6. The van der Waals surface area contributed by atoms with E-state index in [2.05, 4.69) is 10.6 Å². The fourth-order valence-electron chi connectivity index (χ4n) is 2.39. The fraction of sp³-hybridized carbons (Fsp3) is 0.167. The first-order valence-electron chi connectivity index (χ1n) is 7.78. The number of rotatable bonds is 3. The summed E-state index contributed by atoms with van der Waals surface area (Å²) in [6.45, 7) is 0.911. The largest absolute Gasteiger partial charge is 0.486 e. The second-order valence-electron chi connectivity index (χ2n) is 5.30. The summed E-state index contributed by atoms with van der Waals surface area (Å²) in [4.78, 5) is 24.2. The van der Waals surface area contributed by atoms with E-state index in [0.29, 0.717) is 41.5 Å². The second kappa shape index (κ2) is 7.83. The van der Waals surface area contributed by atoms with Crippen molar-refractivity contribution in [2.45, 2.75) is 0 Å². The smallest absolute Gasteiger partial charge is 0.339 e. The summed E-state index contributed by atoms with van der Waals surface area (Å²) in [7, 11) is 1.29. The molecule has 2 aromatic carbocycles. The normalized spacial score (nSPS) is 12.0. The Kier molecular flexibility index (Phi) is 5.33. The van der Waals surface area contributed by atoms with E-state index < -0.39 is 11.9 Å². The van der Waals surface area contributed by atoms with Crippen molar-refractivity contribution in [3.63, 3.8) is 0 Å². The van der Waals surface area contributed by atoms with E-state index in [-0.39, 0.29) is 5.11 Å². The molecule has 0 bridgehead atoms. The van der Waals surface area contributed by atoms with Gasteiger partial charge in [-0.2, -0.15) is 0 Å². The van der Waals surface area contributed by atoms with E-state index in [9.17, 15) is 9.59 Å². The number of para-hydroxylation sites is 1. The zero-order chi connectivity index (χ0) is 18.5. The average Bonchev–Trinajstić information content (AvgIpc) is 2.67. The number of methoxy groups -OCH3 is 1. The summed E-state index contributed by atoms with van der Waals surface area (Å²) >= 11 is 5.16. The van der Waals surface area contributed by atoms with Crippen LogP contribution < -0.4 is 20.1 Å². The zero-order valence-corrected chi connectivity index (χ0v) is 14.7. The van der Waals surface area contributed by atoms with Crippen molar-refractivity contribution in [1.29, 1.82) is 0 Å². The van der Waals surface area contributed by atoms with Gasteiger partial charge in [-0.1, -0.05) is 12.1 Å². The van der Waals surface area contributed by atoms with Gasteiger partial charge in [0.1, 0.15) is 13.2 Å². The molecule has 3 rings (SSSR count). The molecule has 2 N–H and O–H groups in total. The highest BCUT2D eigenvalue weighted by Gasteiger charge is 2.17. The van der Waals surface area contributed by atoms with Gasteiger partial charge in [0.05, 0.1) is 18.4 Å². The van der Waals surface area contributed by atoms with Crippen LogP contribution in [-0.2, 0) is 4.74 Å². The lowest BCUT2D eigenvalue weighted by atomic mass is 10.1. The minimum Gasteiger partial charge on any atom is -0.486 e. The number of hydrogen-bond donors (Lipinski definition) is 2. The van der Waals surface area contributed by atoms with E-state index >= 15 is 0 Å². The second-order valence-corrected chi connectivity index (χ2v) is 5.71. The van der Waals surface area contributed by atoms with Crippen LogP contribution in [0.1, 0.15) is 20.7 Å². The Morgan fingerprint density at radius 1 is 1.08 bits per heavy atom. The van der Waals surface area contributed by atoms with E-state index in [1.165, 1.54) is 7.11 Å². The molecule has 1 aliphatic heterocycles. The maximum atomic E-state index is 12.4. The lowest BCUT2D eigenvalue weighted by molar-refractivity contribution is 0.0602. The predicted octanol–water partition coefficient (Wildman–Crippen LogP) is 2.37. The van der Waals surface area contributed by atoms with Crippen LogP contribution in [0.5, 0.6) is 11.5 Å². The Balaban J connectivity index is 1.69. The summed E-state index contributed by atoms with van der Waals surface area (Å²) < 4.78 is 15.6. The van der Waals surface area contributed by atoms with Gasteiger partial charge in [-0.25, -0.2) is 4.79 Å². The summed E-state index contributed by atoms with van der Waals surface area (Å²) in [5.41, 5.74) is 1.12. The minimum atomic E-state index is -0.505. The molecular weight excluding hydrogens is 356 g/mol. The third kappa shape index (κ3) is 3.92. The molecule has 7 nitrogen and oxygen atoms in total. The molecule has 134 valence electrons. The molecule has 0 saturated heterocycles. The monoisotopic (exact) mass is 372 g/mol. The molecule has 1 heterocycles. The molecule has 1 amide bonds. The summed E-state index contributed by atoms with van der Waals surface area (Å²) in [5, 5.41) is 5.46. The Labute approximate surface area is 155 Å². The number of ether oxygens (including phenoxy) is 3. The number of anilines is 1. The Morgan fingerprint density at radius 2 is 1.81 bits per heavy atom. The number of thiocarbonyl (C=S) groups is 1. The van der Waals surface area contributed by atoms with Crippen LogP contribution in [0.15, 0.2) is 42.5 Å². The van der Waals surface area contributed by atoms with Crippen LogP contribution in [0.4, 0.5) is 5.69 Å². The van der Waals surface area contributed by atoms with Gasteiger partial charge in [0, 0.05) is 5.56 Å². The molecule has 0 aliphatic carbocycles. The van der Waals surface area contributed by atoms with Crippen molar-refractivity contribution < 1.29 is 23.8 Å². The number of nitrogens with one attached hydrogen (secondary N) is 2. The highest BCUT2D eigenvalue weighted by atomic mass is 32.1. The van der Waals surface area contributed by atoms with E-state index in [1.807, 2.05) is 0 Å². The summed E-state index contributed by atoms with van der Waals surface area (Å²) in [6, 6.07) is 11.6. The third-order valence-electron chi connectivity index (χ3n) is 3.61. The van der Waals surface area contributed by atoms with Crippen molar-refractivity contribution in [2.24, 2.45) is 0 Å². The lowest BCUT2D eigenvalue weighted by Gasteiger charge is -2.18. The van der Waals surface area contributed by atoms with Gasteiger partial charge < -0.3 is 19.5 Å². The highest BCUT2D eigenvalue weighted by Crippen LogP contribution is 2.30. The number of fused-ring (bicyclic) bond motifs is 1. The summed E-state index contributed by atoms with van der Waals surface area (Å²) in [6.07, 6.45) is 0. The van der Waals surface area contributed by atoms with Crippen molar-refractivity contribution >= 4 is 34.9 Å². The Morgan fingerprint density at radius 3 is 2.58 bits per heavy atom. The van der Waals surface area contributed by atoms with Crippen molar-refractivity contribution in [1.82, 2.24) is 5.32 Å². The number of carbonyl (C=O) groups is 2. The number of carbonyl (C=O) groups excluding carboxylic acids is 2. The summed E-state index contributed by atoms with van der Waals surface area (Å²) in [5.74, 6) is 0.198. The molecule has 26 heavy (non-hydrogen) atoms. The van der Waals surface area contributed by atoms with Gasteiger partial charge in [0.15, 0.2) is 16.6 Å². The molecule has 0 aromatic heterocycles. The van der Waals surface area contributed by atoms with Crippen LogP contribution in [0.3, 0.4) is 0 Å². The van der Waals surface area contributed by atoms with Crippen molar-refractivity contribution in [2.75, 3.05) is 25.6 Å². The molecule has 0 spiro atoms. The molecule has 0 fully saturated rings. The fourth-order valence-corrected chi connectivity index (χ4v) is 2.60. The standard InChI is InChI=1S/C18H16N2O5S/c1-23-17(22)12-4-2-3-5-13(12)19-18(26)20-16(21)11-6-7-14-15(10-11)25-9-8-24-14/h2-7,10H,8-9H2,1H3,(H2,19,20,21,26). The van der Waals surface area contributed by atoms with E-state index in [1.54, 1.807) is 42.5 Å². The van der Waals surface area contributed by atoms with Gasteiger partial charge in [0.25, 0.3) is 5.91 Å². The van der Waals surface area contributed by atoms with Crippen LogP contribution in [0.2, 0.25) is 0 Å². The number of amides is 1. The SMILES string of the molecule is COC(=O)c1ccccc1NC(=S)NC(=O)c1ccc2c(c1)OCCO2. The molecule has 0 unspecified atom stereocenters. The van der Waals surface area contributed by atoms with Crippen molar-refractivity contribution in [3.8, 4) is 11.5 Å². The quantitative estimate of drug-likeness (QED) is 0.632.